The molecule has 0 radical (unpaired) electrons. The lowest BCUT2D eigenvalue weighted by Gasteiger charge is -2.03. The lowest BCUT2D eigenvalue weighted by molar-refractivity contribution is 0.574. The smallest absolute Gasteiger partial charge is 0.273 e. The minimum absolute atomic E-state index is 0.188. The Morgan fingerprint density at radius 2 is 1.78 bits per heavy atom. The molecule has 2 aromatic heterocycles. The number of halogens is 1. The summed E-state index contributed by atoms with van der Waals surface area (Å²) in [5, 5.41) is 0. The van der Waals surface area contributed by atoms with Gasteiger partial charge in [0.15, 0.2) is 0 Å². The van der Waals surface area contributed by atoms with Gasteiger partial charge in [0.05, 0.1) is 10.7 Å². The Balaban J connectivity index is 1.89. The molecule has 0 aliphatic carbocycles. The van der Waals surface area contributed by atoms with Gasteiger partial charge in [-0.2, -0.15) is 0 Å². The summed E-state index contributed by atoms with van der Waals surface area (Å²) in [6, 6.07) is 11.4. The summed E-state index contributed by atoms with van der Waals surface area (Å²) < 4.78 is 33.5. The van der Waals surface area contributed by atoms with Crippen molar-refractivity contribution < 1.29 is 12.8 Å². The third-order valence-electron chi connectivity index (χ3n) is 3.31. The molecule has 0 amide bonds. The second-order valence-electron chi connectivity index (χ2n) is 5.15. The summed E-state index contributed by atoms with van der Waals surface area (Å²) in [5.74, 6) is 0.188. The van der Waals surface area contributed by atoms with E-state index in [1.54, 1.807) is 6.07 Å². The van der Waals surface area contributed by atoms with Gasteiger partial charge in [-0.15, -0.1) is 11.3 Å². The Kier molecular flexibility index (Phi) is 4.35. The molecule has 0 unspecified atom stereocenters. The summed E-state index contributed by atoms with van der Waals surface area (Å²) in [5.41, 5.74) is 2.99. The number of furan rings is 1. The predicted molar refractivity (Wildman–Crippen MR) is 96.4 cm³/mol. The van der Waals surface area contributed by atoms with Crippen LogP contribution < -0.4 is 4.72 Å². The second-order valence-corrected chi connectivity index (χ2v) is 8.94. The molecule has 0 spiro atoms. The van der Waals surface area contributed by atoms with Gasteiger partial charge in [0, 0.05) is 10.4 Å². The van der Waals surface area contributed by atoms with Crippen LogP contribution in [0.2, 0.25) is 0 Å². The van der Waals surface area contributed by atoms with E-state index in [0.29, 0.717) is 4.47 Å². The minimum atomic E-state index is -3.67. The molecular weight excluding hydrogens is 398 g/mol. The quantitative estimate of drug-likeness (QED) is 0.642. The average Bonchev–Trinajstić information content (AvgIpc) is 3.11. The number of sulfonamides is 1. The van der Waals surface area contributed by atoms with Crippen LogP contribution in [0.5, 0.6) is 0 Å². The number of aryl methyl sites for hydroxylation is 2. The van der Waals surface area contributed by atoms with Crippen LogP contribution in [-0.2, 0) is 10.0 Å². The number of rotatable bonds is 4. The van der Waals surface area contributed by atoms with Crippen LogP contribution in [0.25, 0.3) is 10.4 Å². The summed E-state index contributed by atoms with van der Waals surface area (Å²) in [7, 11) is -3.67. The van der Waals surface area contributed by atoms with Gasteiger partial charge in [0.2, 0.25) is 5.88 Å². The van der Waals surface area contributed by atoms with Gasteiger partial charge in [-0.1, -0.05) is 29.8 Å². The number of benzene rings is 1. The van der Waals surface area contributed by atoms with E-state index in [0.717, 1.165) is 21.6 Å². The summed E-state index contributed by atoms with van der Waals surface area (Å²) in [6.45, 7) is 3.84. The van der Waals surface area contributed by atoms with Crippen LogP contribution in [0.1, 0.15) is 11.1 Å². The zero-order chi connectivity index (χ0) is 16.6. The fourth-order valence-electron chi connectivity index (χ4n) is 2.01. The standard InChI is InChI=1S/C16H14BrNO3S2/c1-10-3-5-12(6-4-10)13-7-8-14(22-13)23(19,20)18-16-15(17)11(2)9-21-16/h3-9,18H,1-2H3. The van der Waals surface area contributed by atoms with Crippen molar-refractivity contribution in [3.63, 3.8) is 0 Å². The van der Waals surface area contributed by atoms with Crippen LogP contribution in [0.15, 0.2) is 55.8 Å². The Morgan fingerprint density at radius 1 is 1.09 bits per heavy atom. The summed E-state index contributed by atoms with van der Waals surface area (Å²) in [6.07, 6.45) is 1.49. The molecule has 1 N–H and O–H groups in total. The summed E-state index contributed by atoms with van der Waals surface area (Å²) >= 11 is 4.53. The molecule has 0 saturated carbocycles. The Morgan fingerprint density at radius 3 is 2.39 bits per heavy atom. The molecule has 3 rings (SSSR count). The van der Waals surface area contributed by atoms with Gasteiger partial charge in [-0.25, -0.2) is 13.1 Å². The molecule has 23 heavy (non-hydrogen) atoms. The zero-order valence-corrected chi connectivity index (χ0v) is 15.7. The van der Waals surface area contributed by atoms with Gasteiger partial charge in [0.25, 0.3) is 10.0 Å². The molecule has 3 aromatic rings. The molecule has 0 fully saturated rings. The van der Waals surface area contributed by atoms with Crippen LogP contribution in [0.3, 0.4) is 0 Å². The minimum Gasteiger partial charge on any atom is -0.446 e. The highest BCUT2D eigenvalue weighted by molar-refractivity contribution is 9.10. The van der Waals surface area contributed by atoms with Gasteiger partial charge in [-0.3, -0.25) is 0 Å². The fraction of sp³-hybridized carbons (Fsp3) is 0.125. The second kappa shape index (κ2) is 6.14. The first-order valence-electron chi connectivity index (χ1n) is 6.80. The lowest BCUT2D eigenvalue weighted by atomic mass is 10.1. The van der Waals surface area contributed by atoms with Crippen molar-refractivity contribution in [3.05, 3.63) is 58.3 Å². The van der Waals surface area contributed by atoms with Gasteiger partial charge >= 0.3 is 0 Å². The maximum absolute atomic E-state index is 12.5. The molecule has 4 nitrogen and oxygen atoms in total. The topological polar surface area (TPSA) is 59.3 Å². The van der Waals surface area contributed by atoms with E-state index in [1.165, 1.54) is 17.6 Å². The molecule has 0 aliphatic rings. The fourth-order valence-corrected chi connectivity index (χ4v) is 4.74. The Labute approximate surface area is 147 Å². The normalized spacial score (nSPS) is 11.6. The molecule has 7 heteroatoms. The predicted octanol–water partition coefficient (Wildman–Crippen LogP) is 5.19. The molecule has 1 aromatic carbocycles. The third-order valence-corrected chi connectivity index (χ3v) is 7.25. The van der Waals surface area contributed by atoms with Crippen molar-refractivity contribution in [2.45, 2.75) is 18.1 Å². The van der Waals surface area contributed by atoms with Crippen molar-refractivity contribution in [2.24, 2.45) is 0 Å². The van der Waals surface area contributed by atoms with Crippen LogP contribution in [0, 0.1) is 13.8 Å². The summed E-state index contributed by atoms with van der Waals surface area (Å²) in [4.78, 5) is 0.903. The molecule has 120 valence electrons. The molecule has 0 bridgehead atoms. The Hall–Kier alpha value is -1.57. The number of anilines is 1. The highest BCUT2D eigenvalue weighted by Crippen LogP contribution is 2.34. The number of thiophene rings is 1. The highest BCUT2D eigenvalue weighted by atomic mass is 79.9. The van der Waals surface area contributed by atoms with Crippen LogP contribution in [0.4, 0.5) is 5.88 Å². The number of nitrogens with one attached hydrogen (secondary N) is 1. The maximum atomic E-state index is 12.5. The van der Waals surface area contributed by atoms with Crippen molar-refractivity contribution in [3.8, 4) is 10.4 Å². The van der Waals surface area contributed by atoms with E-state index in [9.17, 15) is 8.42 Å². The first-order valence-corrected chi connectivity index (χ1v) is 9.89. The van der Waals surface area contributed by atoms with Crippen LogP contribution in [-0.4, -0.2) is 8.42 Å². The van der Waals surface area contributed by atoms with Crippen LogP contribution >= 0.6 is 27.3 Å². The Bertz CT molecular complexity index is 940. The van der Waals surface area contributed by atoms with E-state index in [4.69, 9.17) is 4.42 Å². The molecule has 0 atom stereocenters. The van der Waals surface area contributed by atoms with Gasteiger partial charge in [0.1, 0.15) is 4.21 Å². The first kappa shape index (κ1) is 16.3. The van der Waals surface area contributed by atoms with Crippen molar-refractivity contribution in [1.82, 2.24) is 0 Å². The lowest BCUT2D eigenvalue weighted by Crippen LogP contribution is -2.11. The van der Waals surface area contributed by atoms with Crippen molar-refractivity contribution >= 4 is 43.2 Å². The van der Waals surface area contributed by atoms with Crippen molar-refractivity contribution in [2.75, 3.05) is 4.72 Å². The zero-order valence-electron chi connectivity index (χ0n) is 12.5. The van der Waals surface area contributed by atoms with E-state index in [2.05, 4.69) is 20.7 Å². The van der Waals surface area contributed by atoms with E-state index in [-0.39, 0.29) is 10.1 Å². The molecule has 0 aliphatic heterocycles. The average molecular weight is 412 g/mol. The van der Waals surface area contributed by atoms with Crippen molar-refractivity contribution in [1.29, 1.82) is 0 Å². The number of hydrogen-bond acceptors (Lipinski definition) is 4. The molecule has 0 saturated heterocycles. The SMILES string of the molecule is Cc1ccc(-c2ccc(S(=O)(=O)Nc3occ(C)c3Br)s2)cc1. The van der Waals surface area contributed by atoms with Gasteiger partial charge < -0.3 is 4.42 Å². The first-order chi connectivity index (χ1) is 10.9. The van der Waals surface area contributed by atoms with E-state index < -0.39 is 10.0 Å². The van der Waals surface area contributed by atoms with E-state index >= 15 is 0 Å². The highest BCUT2D eigenvalue weighted by Gasteiger charge is 2.21. The van der Waals surface area contributed by atoms with E-state index in [1.807, 2.05) is 44.2 Å². The maximum Gasteiger partial charge on any atom is 0.273 e. The number of hydrogen-bond donors (Lipinski definition) is 1. The molecule has 2 heterocycles. The third kappa shape index (κ3) is 3.36. The largest absolute Gasteiger partial charge is 0.446 e. The monoisotopic (exact) mass is 411 g/mol. The molecular formula is C16H14BrNO3S2. The van der Waals surface area contributed by atoms with Gasteiger partial charge in [-0.05, 0) is 47.5 Å².